The molecule has 6 amide bonds. The molecule has 67 heavy (non-hydrogen) atoms. The third-order valence-corrected chi connectivity index (χ3v) is 16.7. The lowest BCUT2D eigenvalue weighted by Crippen LogP contribution is -2.74. The average Bonchev–Trinajstić information content (AvgIpc) is 4.03. The number of nitrogens with two attached hydrogens (primary N) is 2. The van der Waals surface area contributed by atoms with E-state index in [2.05, 4.69) is 56.3 Å². The van der Waals surface area contributed by atoms with E-state index in [1.807, 2.05) is 86.6 Å². The van der Waals surface area contributed by atoms with Crippen molar-refractivity contribution in [3.63, 3.8) is 0 Å². The van der Waals surface area contributed by atoms with Crippen LogP contribution in [-0.4, -0.2) is 97.6 Å². The third-order valence-electron chi connectivity index (χ3n) is 16.7. The molecule has 0 spiro atoms. The van der Waals surface area contributed by atoms with Crippen molar-refractivity contribution in [2.75, 3.05) is 18.0 Å². The predicted molar refractivity (Wildman–Crippen MR) is 248 cm³/mol. The molecule has 16 nitrogen and oxygen atoms in total. The number of anilines is 1. The second-order valence-electron chi connectivity index (χ2n) is 19.9. The second kappa shape index (κ2) is 16.3. The summed E-state index contributed by atoms with van der Waals surface area (Å²) in [5.74, 6) is -2.90. The standard InChI is InChI=1S/C51H58N8O8/c1-30-26-39(38-9-6-24-57(38)50(43(62)55-45(64)65)35-17-13-33(14-18-35)47(50,2)27-41(52)60)59(37-21-11-31(12-22-37)32-8-5-23-54-29-32)49(30,4)40-10-7-25-58(40)51(44(63)56-46(66)67)36-19-15-34(16-20-36)48(51,3)28-42(53)61/h5,8,11-23,29-30,38-40H,6-7,9-10,24-28H2,1-4H3,(H2,52,60)(H2,53,61)(H,55,62)(H,56,63)(H,64,65)(H,66,67)/t30?,38?,39-,40?,47?,48?,49-,50-,51-/m1/s1. The maximum Gasteiger partial charge on any atom is 0.411 e. The molecule has 3 fully saturated rings. The fourth-order valence-electron chi connectivity index (χ4n) is 14.1. The van der Waals surface area contributed by atoms with Crippen LogP contribution in [0.4, 0.5) is 15.3 Å². The molecule has 4 aliphatic carbocycles. The van der Waals surface area contributed by atoms with Crippen molar-refractivity contribution in [3.05, 3.63) is 120 Å². The quantitative estimate of drug-likeness (QED) is 0.106. The summed E-state index contributed by atoms with van der Waals surface area (Å²) in [6, 6.07) is 25.8. The Morgan fingerprint density at radius 1 is 0.657 bits per heavy atom. The number of hydrogen-bond donors (Lipinski definition) is 6. The first-order valence-electron chi connectivity index (χ1n) is 23.1. The lowest BCUT2D eigenvalue weighted by Gasteiger charge is -2.60. The number of nitrogens with one attached hydrogen (secondary N) is 2. The summed E-state index contributed by atoms with van der Waals surface area (Å²) in [6.45, 7) is 8.86. The molecule has 0 saturated carbocycles. The van der Waals surface area contributed by atoms with E-state index in [9.17, 15) is 29.4 Å². The van der Waals surface area contributed by atoms with Gasteiger partial charge in [0.1, 0.15) is 11.1 Å². The largest absolute Gasteiger partial charge is 0.465 e. The fourth-order valence-corrected chi connectivity index (χ4v) is 14.1. The van der Waals surface area contributed by atoms with E-state index < -0.39 is 69.3 Å². The van der Waals surface area contributed by atoms with Crippen molar-refractivity contribution < 1.29 is 39.0 Å². The third kappa shape index (κ3) is 6.50. The second-order valence-corrected chi connectivity index (χ2v) is 19.9. The van der Waals surface area contributed by atoms with Crippen molar-refractivity contribution in [2.24, 2.45) is 17.4 Å². The van der Waals surface area contributed by atoms with E-state index in [4.69, 9.17) is 11.5 Å². The molecular weight excluding hydrogens is 853 g/mol. The Bertz CT molecular complexity index is 2650. The molecule has 8 N–H and O–H groups in total. The Hall–Kier alpha value is -6.65. The Kier molecular flexibility index (Phi) is 11.1. The number of nitrogens with zero attached hydrogens (tertiary/aromatic N) is 4. The molecule has 9 atom stereocenters. The van der Waals surface area contributed by atoms with E-state index in [0.29, 0.717) is 67.4 Å². The molecule has 4 aromatic rings. The van der Waals surface area contributed by atoms with Crippen LogP contribution in [-0.2, 0) is 41.1 Å². The monoisotopic (exact) mass is 910 g/mol. The van der Waals surface area contributed by atoms with E-state index in [0.717, 1.165) is 16.8 Å². The number of hydrogen-bond acceptors (Lipinski definition) is 10. The van der Waals surface area contributed by atoms with Gasteiger partial charge in [0, 0.05) is 59.9 Å². The molecular formula is C51H58N8O8. The van der Waals surface area contributed by atoms with Gasteiger partial charge in [-0.25, -0.2) is 9.59 Å². The number of rotatable bonds is 12. The molecule has 5 unspecified atom stereocenters. The van der Waals surface area contributed by atoms with Crippen LogP contribution < -0.4 is 27.0 Å². The van der Waals surface area contributed by atoms with Gasteiger partial charge in [-0.1, -0.05) is 87.5 Å². The number of fused-ring (bicyclic) bond motifs is 6. The highest BCUT2D eigenvalue weighted by molar-refractivity contribution is 6.01. The number of carboxylic acid groups (broad SMARTS) is 2. The molecule has 11 rings (SSSR count). The maximum atomic E-state index is 15.1. The zero-order chi connectivity index (χ0) is 47.8. The smallest absolute Gasteiger partial charge is 0.411 e. The lowest BCUT2D eigenvalue weighted by atomic mass is 9.56. The number of carbonyl (C=O) groups excluding carboxylic acids is 4. The zero-order valence-corrected chi connectivity index (χ0v) is 38.2. The molecule has 1 aromatic heterocycles. The summed E-state index contributed by atoms with van der Waals surface area (Å²) >= 11 is 0. The predicted octanol–water partition coefficient (Wildman–Crippen LogP) is 5.32. The van der Waals surface area contributed by atoms with E-state index in [1.54, 1.807) is 12.4 Å². The van der Waals surface area contributed by atoms with Gasteiger partial charge >= 0.3 is 12.2 Å². The van der Waals surface area contributed by atoms with Gasteiger partial charge in [0.05, 0.1) is 5.54 Å². The molecule has 4 bridgehead atoms. The SMILES string of the molecule is CC1C[C@H](C2CCCN2[C@@]2(C(=O)NC(=O)O)c3ccc(cc3)C2(C)CC(N)=O)N(c2ccc(-c3cccnc3)cc2)[C@@]1(C)C1CCCN1[C@@]1(C(=O)NC(=O)O)c2ccc(cc2)C1(C)CC(N)=O. The minimum atomic E-state index is -1.67. The van der Waals surface area contributed by atoms with Gasteiger partial charge in [0.25, 0.3) is 11.8 Å². The van der Waals surface area contributed by atoms with Crippen LogP contribution in [0.2, 0.25) is 0 Å². The Balaban J connectivity index is 1.24. The molecule has 350 valence electrons. The van der Waals surface area contributed by atoms with Gasteiger partial charge in [-0.05, 0) is 110 Å². The van der Waals surface area contributed by atoms with Gasteiger partial charge in [0.2, 0.25) is 11.8 Å². The first-order valence-corrected chi connectivity index (χ1v) is 23.1. The van der Waals surface area contributed by atoms with Crippen LogP contribution in [0.15, 0.2) is 97.3 Å². The Morgan fingerprint density at radius 3 is 1.64 bits per heavy atom. The number of benzene rings is 3. The fraction of sp³-hybridized carbons (Fsp3) is 0.431. The highest BCUT2D eigenvalue weighted by atomic mass is 16.4. The molecule has 0 radical (unpaired) electrons. The van der Waals surface area contributed by atoms with Crippen molar-refractivity contribution in [3.8, 4) is 11.1 Å². The van der Waals surface area contributed by atoms with Crippen LogP contribution >= 0.6 is 0 Å². The minimum absolute atomic E-state index is 0.111. The molecule has 3 aromatic carbocycles. The first kappa shape index (κ1) is 45.5. The van der Waals surface area contributed by atoms with Gasteiger partial charge in [-0.2, -0.15) is 0 Å². The van der Waals surface area contributed by atoms with E-state index in [1.165, 1.54) is 0 Å². The number of likely N-dealkylation sites (tertiary alicyclic amines) is 2. The normalized spacial score (nSPS) is 32.0. The highest BCUT2D eigenvalue weighted by Crippen LogP contribution is 2.61. The molecule has 7 aliphatic rings. The van der Waals surface area contributed by atoms with Crippen LogP contribution in [0.1, 0.15) is 94.9 Å². The summed E-state index contributed by atoms with van der Waals surface area (Å²) in [7, 11) is 0. The first-order chi connectivity index (χ1) is 31.8. The molecule has 3 saturated heterocycles. The van der Waals surface area contributed by atoms with E-state index >= 15 is 9.59 Å². The number of primary amides is 2. The number of pyridine rings is 1. The summed E-state index contributed by atoms with van der Waals surface area (Å²) in [5.41, 5.74) is 10.6. The van der Waals surface area contributed by atoms with Gasteiger partial charge in [-0.15, -0.1) is 0 Å². The molecule has 16 heteroatoms. The van der Waals surface area contributed by atoms with E-state index in [-0.39, 0.29) is 30.8 Å². The summed E-state index contributed by atoms with van der Waals surface area (Å²) in [4.78, 5) is 92.4. The lowest BCUT2D eigenvalue weighted by molar-refractivity contribution is -0.145. The minimum Gasteiger partial charge on any atom is -0.465 e. The van der Waals surface area contributed by atoms with Crippen LogP contribution in [0.5, 0.6) is 0 Å². The van der Waals surface area contributed by atoms with Crippen LogP contribution in [0.25, 0.3) is 11.1 Å². The Labute approximate surface area is 389 Å². The van der Waals surface area contributed by atoms with Gasteiger partial charge < -0.3 is 26.6 Å². The molecule has 4 heterocycles. The average molecular weight is 911 g/mol. The summed E-state index contributed by atoms with van der Waals surface area (Å²) in [6.07, 6.45) is 3.21. The summed E-state index contributed by atoms with van der Waals surface area (Å²) in [5, 5.41) is 24.8. The van der Waals surface area contributed by atoms with Crippen molar-refractivity contribution >= 4 is 41.5 Å². The van der Waals surface area contributed by atoms with Crippen molar-refractivity contribution in [2.45, 2.75) is 118 Å². The number of amides is 6. The van der Waals surface area contributed by atoms with Crippen molar-refractivity contribution in [1.82, 2.24) is 25.4 Å². The summed E-state index contributed by atoms with van der Waals surface area (Å²) < 4.78 is 0. The van der Waals surface area contributed by atoms with Crippen LogP contribution in [0.3, 0.4) is 0 Å². The molecule has 3 aliphatic heterocycles. The zero-order valence-electron chi connectivity index (χ0n) is 38.2. The van der Waals surface area contributed by atoms with Crippen molar-refractivity contribution in [1.29, 1.82) is 0 Å². The van der Waals surface area contributed by atoms with Gasteiger partial charge in [0.15, 0.2) is 0 Å². The number of imide groups is 2. The topological polar surface area (TPSA) is 242 Å². The number of aromatic nitrogens is 1. The Morgan fingerprint density at radius 2 is 1.15 bits per heavy atom. The van der Waals surface area contributed by atoms with Gasteiger partial charge in [-0.3, -0.25) is 44.6 Å². The van der Waals surface area contributed by atoms with Crippen LogP contribution in [0, 0.1) is 5.92 Å². The number of carbonyl (C=O) groups is 6. The maximum absolute atomic E-state index is 15.1. The highest BCUT2D eigenvalue weighted by Gasteiger charge is 2.70.